The van der Waals surface area contributed by atoms with E-state index in [1.807, 2.05) is 0 Å². The molecule has 10 heteroatoms. The Labute approximate surface area is 213 Å². The normalized spacial score (nSPS) is 25.2. The number of ketones is 1. The Bertz CT molecular complexity index is 1350. The van der Waals surface area contributed by atoms with E-state index < -0.39 is 51.5 Å². The fraction of sp³-hybridized carbons (Fsp3) is 0.407. The fourth-order valence-electron chi connectivity index (χ4n) is 5.66. The van der Waals surface area contributed by atoms with Crippen LogP contribution in [0.3, 0.4) is 0 Å². The number of carbonyl (C=O) groups is 3. The summed E-state index contributed by atoms with van der Waals surface area (Å²) < 4.78 is 11.4. The number of hydrogen-bond donors (Lipinski definition) is 0. The van der Waals surface area contributed by atoms with Crippen LogP contribution in [0.2, 0.25) is 0 Å². The molecule has 0 aliphatic carbocycles. The molecule has 0 aromatic heterocycles. The molecule has 0 radical (unpaired) electrons. The van der Waals surface area contributed by atoms with E-state index in [0.717, 1.165) is 0 Å². The first-order valence-electron chi connectivity index (χ1n) is 12.0. The third kappa shape index (κ3) is 3.53. The van der Waals surface area contributed by atoms with Gasteiger partial charge in [-0.05, 0) is 16.7 Å². The number of hydrazone groups is 1. The van der Waals surface area contributed by atoms with Gasteiger partial charge in [0, 0.05) is 37.3 Å². The number of non-ortho nitro benzene ring substituents is 1. The highest BCUT2D eigenvalue weighted by molar-refractivity contribution is 6.07. The van der Waals surface area contributed by atoms with E-state index in [2.05, 4.69) is 5.10 Å². The van der Waals surface area contributed by atoms with Gasteiger partial charge in [-0.2, -0.15) is 5.10 Å². The molecule has 0 saturated carbocycles. The topological polar surface area (TPSA) is 128 Å². The number of ether oxygens (including phenoxy) is 2. The second-order valence-electron chi connectivity index (χ2n) is 11.1. The van der Waals surface area contributed by atoms with Gasteiger partial charge in [0.15, 0.2) is 5.78 Å². The zero-order valence-corrected chi connectivity index (χ0v) is 21.1. The molecule has 3 heterocycles. The minimum absolute atomic E-state index is 0.235. The molecule has 1 spiro atoms. The lowest BCUT2D eigenvalue weighted by Crippen LogP contribution is -2.58. The average Bonchev–Trinajstić information content (AvgIpc) is 3.13. The zero-order chi connectivity index (χ0) is 26.9. The van der Waals surface area contributed by atoms with Crippen molar-refractivity contribution in [2.75, 3.05) is 0 Å². The van der Waals surface area contributed by atoms with Crippen LogP contribution in [0.4, 0.5) is 5.69 Å². The number of hydrogen-bond acceptors (Lipinski definition) is 9. The molecular formula is C27H27N3O7. The van der Waals surface area contributed by atoms with E-state index in [9.17, 15) is 24.5 Å². The van der Waals surface area contributed by atoms with Crippen molar-refractivity contribution in [2.45, 2.75) is 58.4 Å². The lowest BCUT2D eigenvalue weighted by atomic mass is 9.64. The Hall–Kier alpha value is -4.08. The number of benzene rings is 2. The second kappa shape index (κ2) is 7.96. The van der Waals surface area contributed by atoms with Gasteiger partial charge in [-0.15, -0.1) is 0 Å². The first kappa shape index (κ1) is 24.6. The third-order valence-corrected chi connectivity index (χ3v) is 7.21. The molecule has 0 N–H and O–H groups in total. The van der Waals surface area contributed by atoms with Gasteiger partial charge in [-0.1, -0.05) is 57.2 Å². The third-order valence-electron chi connectivity index (χ3n) is 7.21. The van der Waals surface area contributed by atoms with E-state index >= 15 is 0 Å². The van der Waals surface area contributed by atoms with Crippen LogP contribution < -0.4 is 0 Å². The van der Waals surface area contributed by atoms with Crippen molar-refractivity contribution in [1.29, 1.82) is 0 Å². The molecule has 1 unspecified atom stereocenters. The van der Waals surface area contributed by atoms with Gasteiger partial charge in [0.1, 0.15) is 12.1 Å². The van der Waals surface area contributed by atoms with Crippen LogP contribution in [0.1, 0.15) is 63.3 Å². The lowest BCUT2D eigenvalue weighted by Gasteiger charge is -2.44. The number of fused-ring (bicyclic) bond motifs is 4. The van der Waals surface area contributed by atoms with Gasteiger partial charge in [0.2, 0.25) is 5.41 Å². The highest BCUT2D eigenvalue weighted by atomic mass is 16.7. The van der Waals surface area contributed by atoms with E-state index in [-0.39, 0.29) is 17.0 Å². The van der Waals surface area contributed by atoms with Crippen LogP contribution in [-0.4, -0.2) is 45.7 Å². The van der Waals surface area contributed by atoms with Crippen LogP contribution in [0.25, 0.3) is 0 Å². The standard InChI is InChI=1S/C27H27N3O7/c1-25(2,3)22(31)20-19(15-10-8-11-17(13-15)30(34)35)27(23(32)36-26(4,5)37-24(27)33)21-18-12-7-6-9-16(18)14-28-29(20)21/h6-14,19-21H,1-5H3/t19-,20+,21?/m1/s1. The predicted molar refractivity (Wildman–Crippen MR) is 131 cm³/mol. The second-order valence-corrected chi connectivity index (χ2v) is 11.1. The molecule has 10 nitrogen and oxygen atoms in total. The Balaban J connectivity index is 1.86. The van der Waals surface area contributed by atoms with E-state index in [0.29, 0.717) is 11.1 Å². The van der Waals surface area contributed by atoms with E-state index in [1.165, 1.54) is 37.1 Å². The van der Waals surface area contributed by atoms with Crippen molar-refractivity contribution in [1.82, 2.24) is 5.01 Å². The summed E-state index contributed by atoms with van der Waals surface area (Å²) >= 11 is 0. The predicted octanol–water partition coefficient (Wildman–Crippen LogP) is 3.89. The minimum atomic E-state index is -2.05. The molecule has 192 valence electrons. The number of carbonyl (C=O) groups excluding carboxylic acids is 3. The first-order chi connectivity index (χ1) is 17.3. The first-order valence-corrected chi connectivity index (χ1v) is 12.0. The summed E-state index contributed by atoms with van der Waals surface area (Å²) in [7, 11) is 0. The Kier molecular flexibility index (Phi) is 5.29. The van der Waals surface area contributed by atoms with E-state index in [1.54, 1.807) is 57.3 Å². The number of nitro benzene ring substituents is 1. The van der Waals surface area contributed by atoms with Crippen molar-refractivity contribution in [3.05, 3.63) is 75.3 Å². The highest BCUT2D eigenvalue weighted by Crippen LogP contribution is 2.63. The van der Waals surface area contributed by atoms with Crippen molar-refractivity contribution in [3.8, 4) is 0 Å². The van der Waals surface area contributed by atoms with E-state index in [4.69, 9.17) is 9.47 Å². The maximum atomic E-state index is 14.1. The number of esters is 2. The number of rotatable bonds is 3. The van der Waals surface area contributed by atoms with Gasteiger partial charge in [-0.3, -0.25) is 29.5 Å². The average molecular weight is 506 g/mol. The lowest BCUT2D eigenvalue weighted by molar-refractivity contribution is -0.385. The molecule has 2 fully saturated rings. The molecule has 2 aromatic carbocycles. The molecule has 0 amide bonds. The molecule has 37 heavy (non-hydrogen) atoms. The molecule has 3 atom stereocenters. The van der Waals surface area contributed by atoms with Gasteiger partial charge >= 0.3 is 11.9 Å². The maximum absolute atomic E-state index is 14.1. The van der Waals surface area contributed by atoms with Gasteiger partial charge in [-0.25, -0.2) is 0 Å². The number of nitrogens with zero attached hydrogens (tertiary/aromatic N) is 3. The summed E-state index contributed by atoms with van der Waals surface area (Å²) in [6.07, 6.45) is 1.59. The largest absolute Gasteiger partial charge is 0.422 e. The Morgan fingerprint density at radius 3 is 2.32 bits per heavy atom. The number of nitro groups is 1. The molecular weight excluding hydrogens is 478 g/mol. The van der Waals surface area contributed by atoms with Crippen molar-refractivity contribution < 1.29 is 28.8 Å². The fourth-order valence-corrected chi connectivity index (χ4v) is 5.66. The molecule has 2 aromatic rings. The molecule has 3 aliphatic rings. The number of cyclic esters (lactones) is 2. The summed E-state index contributed by atoms with van der Waals surface area (Å²) in [6.45, 7) is 8.12. The summed E-state index contributed by atoms with van der Waals surface area (Å²) in [4.78, 5) is 53.3. The monoisotopic (exact) mass is 505 g/mol. The SMILES string of the molecule is CC1(C)OC(=O)C2(C(=O)O1)C1c3ccccc3C=NN1[C@H](C(=O)C(C)(C)C)[C@H]2c1cccc([N+](=O)[O-])c1. The number of Topliss-reactive ketones (excluding diaryl/α,β-unsaturated/α-hetero) is 1. The summed E-state index contributed by atoms with van der Waals surface area (Å²) in [5.41, 5.74) is -1.63. The molecule has 5 rings (SSSR count). The van der Waals surface area contributed by atoms with Crippen LogP contribution in [0, 0.1) is 20.9 Å². The van der Waals surface area contributed by atoms with Crippen molar-refractivity contribution in [2.24, 2.45) is 15.9 Å². The summed E-state index contributed by atoms with van der Waals surface area (Å²) in [5.74, 6) is -4.72. The molecule has 3 aliphatic heterocycles. The Morgan fingerprint density at radius 2 is 1.70 bits per heavy atom. The minimum Gasteiger partial charge on any atom is -0.422 e. The smallest absolute Gasteiger partial charge is 0.330 e. The summed E-state index contributed by atoms with van der Waals surface area (Å²) in [5, 5.41) is 17.7. The van der Waals surface area contributed by atoms with Gasteiger partial charge < -0.3 is 9.47 Å². The van der Waals surface area contributed by atoms with Gasteiger partial charge in [0.25, 0.3) is 11.5 Å². The maximum Gasteiger partial charge on any atom is 0.330 e. The molecule has 2 saturated heterocycles. The van der Waals surface area contributed by atoms with Crippen molar-refractivity contribution >= 4 is 29.6 Å². The Morgan fingerprint density at radius 1 is 1.05 bits per heavy atom. The van der Waals surface area contributed by atoms with Crippen LogP contribution in [0.5, 0.6) is 0 Å². The zero-order valence-electron chi connectivity index (χ0n) is 21.1. The van der Waals surface area contributed by atoms with Crippen LogP contribution >= 0.6 is 0 Å². The van der Waals surface area contributed by atoms with Crippen molar-refractivity contribution in [3.63, 3.8) is 0 Å². The quantitative estimate of drug-likeness (QED) is 0.266. The highest BCUT2D eigenvalue weighted by Gasteiger charge is 2.75. The summed E-state index contributed by atoms with van der Waals surface area (Å²) in [6, 6.07) is 10.7. The van der Waals surface area contributed by atoms with Crippen LogP contribution in [0.15, 0.2) is 53.6 Å². The molecule has 0 bridgehead atoms. The van der Waals surface area contributed by atoms with Gasteiger partial charge in [0.05, 0.1) is 11.1 Å². The van der Waals surface area contributed by atoms with Crippen LogP contribution in [-0.2, 0) is 23.9 Å².